The number of halogens is 2. The number of hydrogen-bond acceptors (Lipinski definition) is 5. The van der Waals surface area contributed by atoms with Gasteiger partial charge in [-0.15, -0.1) is 0 Å². The van der Waals surface area contributed by atoms with Crippen molar-refractivity contribution in [1.82, 2.24) is 15.0 Å². The SMILES string of the molecule is COc1ccc(CC(=O)N2CCC[C@@H]2c2nc(-c3ccc(F)cc3F)no2)cc1. The Morgan fingerprint density at radius 2 is 2.03 bits per heavy atom. The van der Waals surface area contributed by atoms with E-state index < -0.39 is 11.6 Å². The minimum absolute atomic E-state index is 0.0342. The molecule has 0 bridgehead atoms. The van der Waals surface area contributed by atoms with Crippen molar-refractivity contribution in [2.45, 2.75) is 25.3 Å². The summed E-state index contributed by atoms with van der Waals surface area (Å²) in [5.74, 6) is -0.481. The summed E-state index contributed by atoms with van der Waals surface area (Å²) >= 11 is 0. The number of amides is 1. The summed E-state index contributed by atoms with van der Waals surface area (Å²) in [6.45, 7) is 0.586. The second kappa shape index (κ2) is 7.98. The van der Waals surface area contributed by atoms with Crippen LogP contribution < -0.4 is 4.74 Å². The van der Waals surface area contributed by atoms with E-state index in [4.69, 9.17) is 9.26 Å². The van der Waals surface area contributed by atoms with Gasteiger partial charge in [0.1, 0.15) is 23.4 Å². The molecule has 29 heavy (non-hydrogen) atoms. The molecule has 0 saturated carbocycles. The maximum absolute atomic E-state index is 14.0. The normalized spacial score (nSPS) is 16.2. The lowest BCUT2D eigenvalue weighted by Crippen LogP contribution is -2.32. The van der Waals surface area contributed by atoms with Gasteiger partial charge >= 0.3 is 0 Å². The molecule has 1 amide bonds. The van der Waals surface area contributed by atoms with Gasteiger partial charge in [0, 0.05) is 12.6 Å². The number of carbonyl (C=O) groups is 1. The van der Waals surface area contributed by atoms with Crippen LogP contribution >= 0.6 is 0 Å². The molecule has 1 aliphatic rings. The Morgan fingerprint density at radius 3 is 2.76 bits per heavy atom. The standard InChI is InChI=1S/C21H19F2N3O3/c1-28-15-7-4-13(5-8-15)11-19(27)26-10-2-3-18(26)21-24-20(25-29-21)16-9-6-14(22)12-17(16)23/h4-9,12,18H,2-3,10-11H2,1H3/t18-/m1/s1. The molecule has 2 heterocycles. The Labute approximate surface area is 166 Å². The number of hydrogen-bond donors (Lipinski definition) is 0. The van der Waals surface area contributed by atoms with Gasteiger partial charge in [0.05, 0.1) is 19.1 Å². The number of nitrogens with zero attached hydrogens (tertiary/aromatic N) is 3. The third-order valence-electron chi connectivity index (χ3n) is 4.99. The highest BCUT2D eigenvalue weighted by Crippen LogP contribution is 2.33. The minimum atomic E-state index is -0.767. The molecule has 1 atom stereocenters. The fourth-order valence-electron chi connectivity index (χ4n) is 3.49. The summed E-state index contributed by atoms with van der Waals surface area (Å²) in [4.78, 5) is 18.8. The van der Waals surface area contributed by atoms with Crippen molar-refractivity contribution in [1.29, 1.82) is 0 Å². The van der Waals surface area contributed by atoms with Crippen LogP contribution in [0.4, 0.5) is 8.78 Å². The molecule has 3 aromatic rings. The minimum Gasteiger partial charge on any atom is -0.497 e. The highest BCUT2D eigenvalue weighted by Gasteiger charge is 2.34. The Morgan fingerprint density at radius 1 is 1.24 bits per heavy atom. The third kappa shape index (κ3) is 3.96. The molecule has 6 nitrogen and oxygen atoms in total. The van der Waals surface area contributed by atoms with Crippen molar-refractivity contribution < 1.29 is 22.8 Å². The van der Waals surface area contributed by atoms with Crippen LogP contribution in [-0.4, -0.2) is 34.6 Å². The predicted molar refractivity (Wildman–Crippen MR) is 100 cm³/mol. The van der Waals surface area contributed by atoms with Gasteiger partial charge in [-0.25, -0.2) is 8.78 Å². The Bertz CT molecular complexity index is 1020. The lowest BCUT2D eigenvalue weighted by atomic mass is 10.1. The Kier molecular flexibility index (Phi) is 5.24. The zero-order valence-corrected chi connectivity index (χ0v) is 15.8. The maximum Gasteiger partial charge on any atom is 0.249 e. The molecule has 0 aliphatic carbocycles. The quantitative estimate of drug-likeness (QED) is 0.650. The van der Waals surface area contributed by atoms with E-state index in [2.05, 4.69) is 10.1 Å². The summed E-state index contributed by atoms with van der Waals surface area (Å²) in [5, 5.41) is 3.82. The number of rotatable bonds is 5. The lowest BCUT2D eigenvalue weighted by Gasteiger charge is -2.22. The highest BCUT2D eigenvalue weighted by molar-refractivity contribution is 5.79. The molecule has 0 unspecified atom stereocenters. The molecule has 0 N–H and O–H groups in total. The molecule has 0 radical (unpaired) electrons. The van der Waals surface area contributed by atoms with Crippen LogP contribution in [0.3, 0.4) is 0 Å². The number of benzene rings is 2. The van der Waals surface area contributed by atoms with E-state index >= 15 is 0 Å². The fourth-order valence-corrected chi connectivity index (χ4v) is 3.49. The molecule has 1 aromatic heterocycles. The van der Waals surface area contributed by atoms with E-state index in [1.807, 2.05) is 24.3 Å². The second-order valence-electron chi connectivity index (χ2n) is 6.85. The molecule has 8 heteroatoms. The van der Waals surface area contributed by atoms with Crippen LogP contribution in [0.25, 0.3) is 11.4 Å². The van der Waals surface area contributed by atoms with E-state index in [-0.39, 0.29) is 35.6 Å². The molecule has 1 saturated heterocycles. The average Bonchev–Trinajstić information content (AvgIpc) is 3.38. The molecule has 150 valence electrons. The van der Waals surface area contributed by atoms with E-state index in [9.17, 15) is 13.6 Å². The first-order valence-corrected chi connectivity index (χ1v) is 9.26. The largest absolute Gasteiger partial charge is 0.497 e. The van der Waals surface area contributed by atoms with E-state index in [1.165, 1.54) is 6.07 Å². The fraction of sp³-hybridized carbons (Fsp3) is 0.286. The van der Waals surface area contributed by atoms with Gasteiger partial charge in [-0.2, -0.15) is 4.98 Å². The molecule has 4 rings (SSSR count). The highest BCUT2D eigenvalue weighted by atomic mass is 19.1. The lowest BCUT2D eigenvalue weighted by molar-refractivity contribution is -0.131. The molecular weight excluding hydrogens is 380 g/mol. The first kappa shape index (κ1) is 19.0. The number of carbonyl (C=O) groups excluding carboxylic acids is 1. The predicted octanol–water partition coefficient (Wildman–Crippen LogP) is 3.93. The number of likely N-dealkylation sites (tertiary alicyclic amines) is 1. The molecule has 0 spiro atoms. The maximum atomic E-state index is 14.0. The first-order chi connectivity index (χ1) is 14.0. The summed E-state index contributed by atoms with van der Waals surface area (Å²) < 4.78 is 37.6. The van der Waals surface area contributed by atoms with Crippen molar-refractivity contribution in [3.63, 3.8) is 0 Å². The molecule has 1 aliphatic heterocycles. The third-order valence-corrected chi connectivity index (χ3v) is 4.99. The molecular formula is C21H19F2N3O3. The van der Waals surface area contributed by atoms with Crippen LogP contribution in [0.5, 0.6) is 5.75 Å². The van der Waals surface area contributed by atoms with E-state index in [1.54, 1.807) is 12.0 Å². The van der Waals surface area contributed by atoms with Crippen molar-refractivity contribution in [3.8, 4) is 17.1 Å². The monoisotopic (exact) mass is 399 g/mol. The van der Waals surface area contributed by atoms with Gasteiger partial charge in [-0.1, -0.05) is 17.3 Å². The van der Waals surface area contributed by atoms with Gasteiger partial charge in [0.25, 0.3) is 0 Å². The Balaban J connectivity index is 1.50. The van der Waals surface area contributed by atoms with Gasteiger partial charge in [-0.05, 0) is 42.7 Å². The Hall–Kier alpha value is -3.29. The summed E-state index contributed by atoms with van der Waals surface area (Å²) in [6, 6.07) is 10.1. The first-order valence-electron chi connectivity index (χ1n) is 9.26. The number of methoxy groups -OCH3 is 1. The van der Waals surface area contributed by atoms with Crippen molar-refractivity contribution >= 4 is 5.91 Å². The topological polar surface area (TPSA) is 68.5 Å². The smallest absolute Gasteiger partial charge is 0.249 e. The van der Waals surface area contributed by atoms with E-state index in [0.717, 1.165) is 29.9 Å². The molecule has 1 fully saturated rings. The summed E-state index contributed by atoms with van der Waals surface area (Å²) in [7, 11) is 1.59. The van der Waals surface area contributed by atoms with Crippen LogP contribution in [0.2, 0.25) is 0 Å². The van der Waals surface area contributed by atoms with Crippen molar-refractivity contribution in [3.05, 3.63) is 65.6 Å². The van der Waals surface area contributed by atoms with Crippen LogP contribution in [-0.2, 0) is 11.2 Å². The van der Waals surface area contributed by atoms with Crippen LogP contribution in [0.15, 0.2) is 47.0 Å². The van der Waals surface area contributed by atoms with Gasteiger partial charge < -0.3 is 14.2 Å². The van der Waals surface area contributed by atoms with Gasteiger partial charge in [0.15, 0.2) is 0 Å². The average molecular weight is 399 g/mol. The second-order valence-corrected chi connectivity index (χ2v) is 6.85. The number of ether oxygens (including phenoxy) is 1. The molecule has 2 aromatic carbocycles. The van der Waals surface area contributed by atoms with Gasteiger partial charge in [0.2, 0.25) is 17.6 Å². The zero-order chi connectivity index (χ0) is 20.4. The number of aromatic nitrogens is 2. The zero-order valence-electron chi connectivity index (χ0n) is 15.8. The van der Waals surface area contributed by atoms with Gasteiger partial charge in [-0.3, -0.25) is 4.79 Å². The summed E-state index contributed by atoms with van der Waals surface area (Å²) in [6.07, 6.45) is 1.73. The van der Waals surface area contributed by atoms with Crippen molar-refractivity contribution in [2.24, 2.45) is 0 Å². The van der Waals surface area contributed by atoms with Crippen LogP contribution in [0, 0.1) is 11.6 Å². The van der Waals surface area contributed by atoms with Crippen molar-refractivity contribution in [2.75, 3.05) is 13.7 Å². The van der Waals surface area contributed by atoms with Crippen LogP contribution in [0.1, 0.15) is 30.3 Å². The van der Waals surface area contributed by atoms with E-state index in [0.29, 0.717) is 13.0 Å². The summed E-state index contributed by atoms with van der Waals surface area (Å²) in [5.41, 5.74) is 0.927.